The van der Waals surface area contributed by atoms with Gasteiger partial charge in [-0.2, -0.15) is 0 Å². The van der Waals surface area contributed by atoms with Crippen molar-refractivity contribution in [3.05, 3.63) is 35.2 Å². The monoisotopic (exact) mass is 462 g/mol. The number of aliphatic hydroxyl groups excluding tert-OH is 1. The number of primary amides is 1. The number of aliphatic hydroxyl groups is 1. The van der Waals surface area contributed by atoms with Gasteiger partial charge in [0.1, 0.15) is 5.82 Å². The molecule has 174 valence electrons. The molecule has 0 spiro atoms. The van der Waals surface area contributed by atoms with Crippen LogP contribution >= 0.6 is 0 Å². The average Bonchev–Trinajstić information content (AvgIpc) is 2.75. The molecule has 1 amide bonds. The molecule has 0 atom stereocenters. The highest BCUT2D eigenvalue weighted by Crippen LogP contribution is 2.27. The molecular formula is C21H30N6O4S. The van der Waals surface area contributed by atoms with Gasteiger partial charge in [-0.3, -0.25) is 4.79 Å². The lowest BCUT2D eigenvalue weighted by Crippen LogP contribution is -2.29. The smallest absolute Gasteiger partial charge is 0.271 e. The first-order valence-electron chi connectivity index (χ1n) is 10.6. The molecule has 10 nitrogen and oxygen atoms in total. The first-order chi connectivity index (χ1) is 15.1. The predicted octanol–water partition coefficient (Wildman–Crippen LogP) is 1.81. The van der Waals surface area contributed by atoms with Crippen LogP contribution in [0.1, 0.15) is 54.4 Å². The number of hydrogen-bond donors (Lipinski definition) is 5. The molecule has 0 saturated heterocycles. The Morgan fingerprint density at radius 2 is 1.88 bits per heavy atom. The van der Waals surface area contributed by atoms with Crippen LogP contribution in [-0.4, -0.2) is 48.6 Å². The van der Waals surface area contributed by atoms with E-state index in [1.54, 1.807) is 19.1 Å². The number of amides is 1. The molecule has 1 fully saturated rings. The van der Waals surface area contributed by atoms with Crippen molar-refractivity contribution in [3.63, 3.8) is 0 Å². The number of sulfonamides is 1. The van der Waals surface area contributed by atoms with E-state index in [1.807, 2.05) is 6.92 Å². The number of rotatable bonds is 8. The molecule has 0 aliphatic heterocycles. The number of nitrogens with two attached hydrogens (primary N) is 1. The molecule has 0 radical (unpaired) electrons. The molecular weight excluding hydrogens is 432 g/mol. The van der Waals surface area contributed by atoms with E-state index in [1.165, 1.54) is 13.1 Å². The van der Waals surface area contributed by atoms with E-state index < -0.39 is 15.9 Å². The van der Waals surface area contributed by atoms with Crippen LogP contribution in [0.2, 0.25) is 0 Å². The molecule has 3 rings (SSSR count). The third-order valence-electron chi connectivity index (χ3n) is 5.57. The third kappa shape index (κ3) is 5.34. The van der Waals surface area contributed by atoms with Crippen LogP contribution in [0.5, 0.6) is 0 Å². The third-order valence-corrected chi connectivity index (χ3v) is 7.14. The average molecular weight is 463 g/mol. The standard InChI is InChI=1S/C21H30N6O4S/c1-4-16-20(24-13-5-8-15(28)9-6-13)27-21(18(26-16)19(22)29)25-14-7-10-17(12(2)11-14)32(30,31)23-3/h7,10-11,13,15,23,28H,4-6,8-9H2,1-3H3,(H2,22,29)(H2,24,25,27). The number of benzene rings is 1. The van der Waals surface area contributed by atoms with Crippen LogP contribution in [0.4, 0.5) is 17.3 Å². The van der Waals surface area contributed by atoms with Crippen LogP contribution in [0.3, 0.4) is 0 Å². The Balaban J connectivity index is 1.94. The highest BCUT2D eigenvalue weighted by Gasteiger charge is 2.23. The minimum absolute atomic E-state index is 0.0102. The van der Waals surface area contributed by atoms with E-state index in [-0.39, 0.29) is 28.6 Å². The molecule has 1 aromatic heterocycles. The summed E-state index contributed by atoms with van der Waals surface area (Å²) in [6.07, 6.45) is 3.36. The van der Waals surface area contributed by atoms with Gasteiger partial charge < -0.3 is 21.5 Å². The van der Waals surface area contributed by atoms with E-state index in [4.69, 9.17) is 5.73 Å². The minimum Gasteiger partial charge on any atom is -0.393 e. The van der Waals surface area contributed by atoms with Crippen LogP contribution < -0.4 is 21.1 Å². The summed E-state index contributed by atoms with van der Waals surface area (Å²) in [4.78, 5) is 21.3. The number of carbonyl (C=O) groups excluding carboxylic acids is 1. The molecule has 32 heavy (non-hydrogen) atoms. The van der Waals surface area contributed by atoms with Gasteiger partial charge in [0.2, 0.25) is 10.0 Å². The number of hydrogen-bond acceptors (Lipinski definition) is 8. The summed E-state index contributed by atoms with van der Waals surface area (Å²) in [5.74, 6) is 0.0392. The normalized spacial score (nSPS) is 18.9. The van der Waals surface area contributed by atoms with Crippen LogP contribution in [-0.2, 0) is 16.4 Å². The molecule has 1 heterocycles. The van der Waals surface area contributed by atoms with Crippen molar-refractivity contribution in [2.75, 3.05) is 17.7 Å². The van der Waals surface area contributed by atoms with E-state index in [2.05, 4.69) is 25.3 Å². The highest BCUT2D eigenvalue weighted by atomic mass is 32.2. The maximum absolute atomic E-state index is 12.1. The lowest BCUT2D eigenvalue weighted by Gasteiger charge is -2.27. The molecule has 0 unspecified atom stereocenters. The van der Waals surface area contributed by atoms with Crippen molar-refractivity contribution in [3.8, 4) is 0 Å². The summed E-state index contributed by atoms with van der Waals surface area (Å²) in [5, 5.41) is 16.2. The Hall–Kier alpha value is -2.76. The van der Waals surface area contributed by atoms with E-state index in [9.17, 15) is 18.3 Å². The van der Waals surface area contributed by atoms with Gasteiger partial charge in [-0.1, -0.05) is 6.92 Å². The second kappa shape index (κ2) is 9.80. The highest BCUT2D eigenvalue weighted by molar-refractivity contribution is 7.89. The number of aromatic nitrogens is 2. The van der Waals surface area contributed by atoms with Crippen LogP contribution in [0.15, 0.2) is 23.1 Å². The fraction of sp³-hybridized carbons (Fsp3) is 0.476. The summed E-state index contributed by atoms with van der Waals surface area (Å²) in [6.45, 7) is 3.60. The fourth-order valence-corrected chi connectivity index (χ4v) is 4.73. The van der Waals surface area contributed by atoms with Gasteiger partial charge in [-0.15, -0.1) is 0 Å². The van der Waals surface area contributed by atoms with Crippen molar-refractivity contribution in [1.82, 2.24) is 14.7 Å². The summed E-state index contributed by atoms with van der Waals surface area (Å²) in [6, 6.07) is 4.87. The SMILES string of the molecule is CCc1nc(C(N)=O)c(Nc2ccc(S(=O)(=O)NC)c(C)c2)nc1NC1CCC(O)CC1. The van der Waals surface area contributed by atoms with Gasteiger partial charge in [0.15, 0.2) is 11.5 Å². The summed E-state index contributed by atoms with van der Waals surface area (Å²) >= 11 is 0. The maximum Gasteiger partial charge on any atom is 0.271 e. The number of aryl methyl sites for hydroxylation is 2. The largest absolute Gasteiger partial charge is 0.393 e. The van der Waals surface area contributed by atoms with Crippen molar-refractivity contribution in [2.24, 2.45) is 5.73 Å². The Morgan fingerprint density at radius 1 is 1.19 bits per heavy atom. The van der Waals surface area contributed by atoms with E-state index in [0.717, 1.165) is 25.7 Å². The molecule has 2 aromatic rings. The molecule has 6 N–H and O–H groups in total. The Bertz CT molecular complexity index is 1100. The van der Waals surface area contributed by atoms with Crippen molar-refractivity contribution in [1.29, 1.82) is 0 Å². The maximum atomic E-state index is 12.1. The van der Waals surface area contributed by atoms with Gasteiger partial charge in [0.25, 0.3) is 5.91 Å². The number of anilines is 3. The molecule has 1 aliphatic carbocycles. The van der Waals surface area contributed by atoms with E-state index >= 15 is 0 Å². The van der Waals surface area contributed by atoms with Gasteiger partial charge in [0.05, 0.1) is 16.7 Å². The van der Waals surface area contributed by atoms with Gasteiger partial charge in [0, 0.05) is 11.7 Å². The van der Waals surface area contributed by atoms with Crippen molar-refractivity contribution in [2.45, 2.75) is 63.0 Å². The van der Waals surface area contributed by atoms with Crippen LogP contribution in [0.25, 0.3) is 0 Å². The zero-order chi connectivity index (χ0) is 23.5. The zero-order valence-electron chi connectivity index (χ0n) is 18.5. The first-order valence-corrected chi connectivity index (χ1v) is 12.1. The first kappa shape index (κ1) is 23.9. The quantitative estimate of drug-likeness (QED) is 0.397. The number of carbonyl (C=O) groups is 1. The molecule has 1 aliphatic rings. The number of nitrogens with one attached hydrogen (secondary N) is 3. The lowest BCUT2D eigenvalue weighted by atomic mass is 9.93. The summed E-state index contributed by atoms with van der Waals surface area (Å²) < 4.78 is 26.5. The second-order valence-corrected chi connectivity index (χ2v) is 9.75. The summed E-state index contributed by atoms with van der Waals surface area (Å²) in [5.41, 5.74) is 7.27. The van der Waals surface area contributed by atoms with Gasteiger partial charge in [-0.25, -0.2) is 23.1 Å². The molecule has 1 aromatic carbocycles. The van der Waals surface area contributed by atoms with E-state index in [0.29, 0.717) is 29.2 Å². The van der Waals surface area contributed by atoms with Gasteiger partial charge >= 0.3 is 0 Å². The van der Waals surface area contributed by atoms with Crippen LogP contribution in [0, 0.1) is 6.92 Å². The minimum atomic E-state index is -3.58. The molecule has 11 heteroatoms. The number of nitrogens with zero attached hydrogens (tertiary/aromatic N) is 2. The fourth-order valence-electron chi connectivity index (χ4n) is 3.78. The lowest BCUT2D eigenvalue weighted by molar-refractivity contribution is 0.0996. The Morgan fingerprint density at radius 3 is 2.44 bits per heavy atom. The van der Waals surface area contributed by atoms with Gasteiger partial charge in [-0.05, 0) is 69.8 Å². The molecule has 0 bridgehead atoms. The topological polar surface area (TPSA) is 159 Å². The zero-order valence-corrected chi connectivity index (χ0v) is 19.3. The van der Waals surface area contributed by atoms with Crippen molar-refractivity contribution < 1.29 is 18.3 Å². The Kier molecular flexibility index (Phi) is 7.32. The Labute approximate surface area is 188 Å². The molecule has 1 saturated carbocycles. The summed E-state index contributed by atoms with van der Waals surface area (Å²) in [7, 11) is -2.23. The predicted molar refractivity (Wildman–Crippen MR) is 123 cm³/mol. The second-order valence-electron chi connectivity index (χ2n) is 7.90. The van der Waals surface area contributed by atoms with Crippen molar-refractivity contribution >= 4 is 33.3 Å².